The molecule has 1 unspecified atom stereocenters. The van der Waals surface area contributed by atoms with Crippen molar-refractivity contribution < 1.29 is 5.11 Å². The fraction of sp³-hybridized carbons (Fsp3) is 0.692. The second-order valence-electron chi connectivity index (χ2n) is 5.10. The third-order valence-electron chi connectivity index (χ3n) is 3.65. The summed E-state index contributed by atoms with van der Waals surface area (Å²) in [5.41, 5.74) is 0.480. The van der Waals surface area contributed by atoms with Crippen LogP contribution in [0.1, 0.15) is 19.8 Å². The maximum Gasteiger partial charge on any atom is 0.283 e. The summed E-state index contributed by atoms with van der Waals surface area (Å²) in [4.78, 5) is 14.4. The van der Waals surface area contributed by atoms with E-state index in [2.05, 4.69) is 38.2 Å². The minimum Gasteiger partial charge on any atom is -0.394 e. The summed E-state index contributed by atoms with van der Waals surface area (Å²) in [6, 6.07) is 0.435. The van der Waals surface area contributed by atoms with Crippen LogP contribution in [0.4, 0.5) is 5.69 Å². The van der Waals surface area contributed by atoms with Crippen LogP contribution in [0, 0.1) is 0 Å². The normalized spacial score (nSPS) is 17.4. The Bertz CT molecular complexity index is 500. The molecule has 1 aliphatic heterocycles. The molecule has 7 heteroatoms. The Balaban J connectivity index is 1.99. The van der Waals surface area contributed by atoms with Crippen molar-refractivity contribution in [3.8, 4) is 0 Å². The third-order valence-corrected chi connectivity index (χ3v) is 4.41. The lowest BCUT2D eigenvalue weighted by Gasteiger charge is -2.24. The highest BCUT2D eigenvalue weighted by molar-refractivity contribution is 9.10. The zero-order valence-electron chi connectivity index (χ0n) is 11.7. The summed E-state index contributed by atoms with van der Waals surface area (Å²) in [5, 5.41) is 16.2. The molecule has 0 aliphatic carbocycles. The molecule has 2 rings (SSSR count). The largest absolute Gasteiger partial charge is 0.394 e. The van der Waals surface area contributed by atoms with Gasteiger partial charge < -0.3 is 10.4 Å². The Labute approximate surface area is 126 Å². The van der Waals surface area contributed by atoms with Crippen molar-refractivity contribution in [1.82, 2.24) is 14.7 Å². The van der Waals surface area contributed by atoms with Crippen molar-refractivity contribution in [2.24, 2.45) is 0 Å². The smallest absolute Gasteiger partial charge is 0.283 e. The van der Waals surface area contributed by atoms with E-state index in [1.807, 2.05) is 0 Å². The first-order chi connectivity index (χ1) is 9.63. The Hall–Kier alpha value is -0.920. The van der Waals surface area contributed by atoms with Crippen molar-refractivity contribution in [3.63, 3.8) is 0 Å². The van der Waals surface area contributed by atoms with E-state index in [9.17, 15) is 4.79 Å². The van der Waals surface area contributed by atoms with Gasteiger partial charge in [-0.1, -0.05) is 0 Å². The van der Waals surface area contributed by atoms with Crippen LogP contribution in [0.5, 0.6) is 0 Å². The monoisotopic (exact) mass is 344 g/mol. The lowest BCUT2D eigenvalue weighted by Crippen LogP contribution is -2.36. The van der Waals surface area contributed by atoms with Crippen LogP contribution in [-0.4, -0.2) is 52.1 Å². The first kappa shape index (κ1) is 15.5. The summed E-state index contributed by atoms with van der Waals surface area (Å²) >= 11 is 3.30. The fourth-order valence-electron chi connectivity index (χ4n) is 2.41. The maximum atomic E-state index is 12.0. The van der Waals surface area contributed by atoms with Gasteiger partial charge in [-0.05, 0) is 48.8 Å². The number of halogens is 1. The predicted octanol–water partition coefficient (Wildman–Crippen LogP) is 0.894. The van der Waals surface area contributed by atoms with Gasteiger partial charge in [-0.3, -0.25) is 9.69 Å². The van der Waals surface area contributed by atoms with Crippen molar-refractivity contribution in [1.29, 1.82) is 0 Å². The quantitative estimate of drug-likeness (QED) is 0.802. The van der Waals surface area contributed by atoms with E-state index < -0.39 is 0 Å². The third kappa shape index (κ3) is 3.59. The summed E-state index contributed by atoms with van der Waals surface area (Å²) in [7, 11) is 0. The lowest BCUT2D eigenvalue weighted by molar-refractivity contribution is 0.265. The maximum absolute atomic E-state index is 12.0. The molecule has 0 spiro atoms. The molecular formula is C13H21BrN4O2. The van der Waals surface area contributed by atoms with Crippen LogP contribution in [-0.2, 0) is 6.54 Å². The Morgan fingerprint density at radius 3 is 2.85 bits per heavy atom. The second kappa shape index (κ2) is 7.19. The number of hydrogen-bond acceptors (Lipinski definition) is 5. The molecule has 1 aliphatic rings. The van der Waals surface area contributed by atoms with Gasteiger partial charge in [-0.25, -0.2) is 4.68 Å². The van der Waals surface area contributed by atoms with Gasteiger partial charge >= 0.3 is 0 Å². The van der Waals surface area contributed by atoms with Gasteiger partial charge in [-0.2, -0.15) is 5.10 Å². The minimum atomic E-state index is -0.224. The van der Waals surface area contributed by atoms with Gasteiger partial charge in [0.1, 0.15) is 4.47 Å². The van der Waals surface area contributed by atoms with Gasteiger partial charge in [0.2, 0.25) is 0 Å². The average molecular weight is 345 g/mol. The molecule has 20 heavy (non-hydrogen) atoms. The van der Waals surface area contributed by atoms with Gasteiger partial charge in [0, 0.05) is 12.6 Å². The summed E-state index contributed by atoms with van der Waals surface area (Å²) < 4.78 is 1.72. The molecule has 0 aromatic carbocycles. The molecule has 0 saturated carbocycles. The number of anilines is 1. The molecule has 1 aromatic rings. The van der Waals surface area contributed by atoms with E-state index in [0.717, 1.165) is 19.6 Å². The number of aromatic nitrogens is 2. The molecule has 1 aromatic heterocycles. The zero-order chi connectivity index (χ0) is 14.5. The molecule has 1 fully saturated rings. The number of likely N-dealkylation sites (tertiary alicyclic amines) is 1. The van der Waals surface area contributed by atoms with Crippen LogP contribution >= 0.6 is 15.9 Å². The lowest BCUT2D eigenvalue weighted by atomic mass is 10.3. The minimum absolute atomic E-state index is 0.0991. The number of aliphatic hydroxyl groups excluding tert-OH is 1. The standard InChI is InChI=1S/C13H21BrN4O2/c1-10(17-4-2-3-5-17)8-15-11-9-16-18(6-7-19)13(20)12(11)14/h9-10,15,19H,2-8H2,1H3. The molecule has 2 N–H and O–H groups in total. The number of hydrogen-bond donors (Lipinski definition) is 2. The first-order valence-electron chi connectivity index (χ1n) is 6.98. The van der Waals surface area contributed by atoms with Crippen LogP contribution in [0.2, 0.25) is 0 Å². The summed E-state index contributed by atoms with van der Waals surface area (Å²) in [6.07, 6.45) is 4.16. The first-order valence-corrected chi connectivity index (χ1v) is 7.77. The highest BCUT2D eigenvalue weighted by Crippen LogP contribution is 2.17. The molecular weight excluding hydrogens is 324 g/mol. The fourth-order valence-corrected chi connectivity index (χ4v) is 2.86. The van der Waals surface area contributed by atoms with E-state index in [-0.39, 0.29) is 18.7 Å². The van der Waals surface area contributed by atoms with Gasteiger partial charge in [0.25, 0.3) is 5.56 Å². The Kier molecular flexibility index (Phi) is 5.56. The number of aliphatic hydroxyl groups is 1. The molecule has 0 radical (unpaired) electrons. The average Bonchev–Trinajstić information content (AvgIpc) is 2.97. The van der Waals surface area contributed by atoms with Crippen molar-refractivity contribution in [3.05, 3.63) is 21.0 Å². The Morgan fingerprint density at radius 2 is 2.20 bits per heavy atom. The molecule has 1 saturated heterocycles. The zero-order valence-corrected chi connectivity index (χ0v) is 13.3. The van der Waals surface area contributed by atoms with Gasteiger partial charge in [-0.15, -0.1) is 0 Å². The van der Waals surface area contributed by atoms with E-state index >= 15 is 0 Å². The molecule has 6 nitrogen and oxygen atoms in total. The number of nitrogens with zero attached hydrogens (tertiary/aromatic N) is 3. The topological polar surface area (TPSA) is 70.4 Å². The molecule has 112 valence electrons. The highest BCUT2D eigenvalue weighted by Gasteiger charge is 2.18. The SMILES string of the molecule is CC(CNc1cnn(CCO)c(=O)c1Br)N1CCCC1. The van der Waals surface area contributed by atoms with Gasteiger partial charge in [0.15, 0.2) is 0 Å². The van der Waals surface area contributed by atoms with Crippen LogP contribution in [0.25, 0.3) is 0 Å². The van der Waals surface area contributed by atoms with E-state index in [4.69, 9.17) is 5.11 Å². The highest BCUT2D eigenvalue weighted by atomic mass is 79.9. The molecule has 0 amide bonds. The van der Waals surface area contributed by atoms with Gasteiger partial charge in [0.05, 0.1) is 25.0 Å². The predicted molar refractivity (Wildman–Crippen MR) is 82.0 cm³/mol. The van der Waals surface area contributed by atoms with E-state index in [1.54, 1.807) is 6.20 Å². The van der Waals surface area contributed by atoms with E-state index in [0.29, 0.717) is 16.2 Å². The number of rotatable bonds is 6. The van der Waals surface area contributed by atoms with Crippen molar-refractivity contribution in [2.75, 3.05) is 31.6 Å². The van der Waals surface area contributed by atoms with Crippen LogP contribution in [0.15, 0.2) is 15.5 Å². The van der Waals surface area contributed by atoms with Crippen molar-refractivity contribution >= 4 is 21.6 Å². The summed E-state index contributed by atoms with van der Waals surface area (Å²) in [6.45, 7) is 5.39. The van der Waals surface area contributed by atoms with Crippen molar-refractivity contribution in [2.45, 2.75) is 32.4 Å². The molecule has 1 atom stereocenters. The second-order valence-corrected chi connectivity index (χ2v) is 5.89. The summed E-state index contributed by atoms with van der Waals surface area (Å²) in [5.74, 6) is 0. The van der Waals surface area contributed by atoms with Crippen LogP contribution in [0.3, 0.4) is 0 Å². The Morgan fingerprint density at radius 1 is 1.50 bits per heavy atom. The van der Waals surface area contributed by atoms with Crippen LogP contribution < -0.4 is 10.9 Å². The number of nitrogens with one attached hydrogen (secondary N) is 1. The molecule has 0 bridgehead atoms. The molecule has 2 heterocycles. The van der Waals surface area contributed by atoms with E-state index in [1.165, 1.54) is 17.5 Å².